The quantitative estimate of drug-likeness (QED) is 0.679. The number of hydrogen-bond donors (Lipinski definition) is 1. The molecule has 3 rings (SSSR count). The fraction of sp³-hybridized carbons (Fsp3) is 1.00. The van der Waals surface area contributed by atoms with Crippen LogP contribution in [0.25, 0.3) is 0 Å². The molecular weight excluding hydrogens is 240 g/mol. The van der Waals surface area contributed by atoms with E-state index >= 15 is 0 Å². The zero-order chi connectivity index (χ0) is 13.2. The van der Waals surface area contributed by atoms with Gasteiger partial charge in [0.15, 0.2) is 11.6 Å². The molecule has 3 heterocycles. The molecule has 0 bridgehead atoms. The first kappa shape index (κ1) is 12.8. The summed E-state index contributed by atoms with van der Waals surface area (Å²) in [4.78, 5) is 0. The molecule has 3 aliphatic heterocycles. The van der Waals surface area contributed by atoms with Crippen molar-refractivity contribution >= 4 is 0 Å². The lowest BCUT2D eigenvalue weighted by molar-refractivity contribution is -0.303. The number of hydrogen-bond acceptors (Lipinski definition) is 6. The second kappa shape index (κ2) is 3.65. The van der Waals surface area contributed by atoms with Crippen LogP contribution in [0.15, 0.2) is 0 Å². The molecular formula is C12H20O6. The van der Waals surface area contributed by atoms with Gasteiger partial charge in [-0.2, -0.15) is 0 Å². The van der Waals surface area contributed by atoms with Crippen molar-refractivity contribution in [2.45, 2.75) is 63.4 Å². The Morgan fingerprint density at radius 2 is 1.72 bits per heavy atom. The van der Waals surface area contributed by atoms with Crippen molar-refractivity contribution in [2.75, 3.05) is 13.2 Å². The highest BCUT2D eigenvalue weighted by Gasteiger charge is 2.64. The van der Waals surface area contributed by atoms with Crippen molar-refractivity contribution in [2.24, 2.45) is 0 Å². The third-order valence-electron chi connectivity index (χ3n) is 3.53. The minimum absolute atomic E-state index is 0.192. The fourth-order valence-electron chi connectivity index (χ4n) is 2.71. The largest absolute Gasteiger partial charge is 0.385 e. The summed E-state index contributed by atoms with van der Waals surface area (Å²) in [6.07, 6.45) is -1.66. The van der Waals surface area contributed by atoms with Gasteiger partial charge in [0.05, 0.1) is 6.61 Å². The molecule has 6 nitrogen and oxygen atoms in total. The van der Waals surface area contributed by atoms with Crippen molar-refractivity contribution < 1.29 is 28.8 Å². The highest BCUT2D eigenvalue weighted by Crippen LogP contribution is 2.45. The monoisotopic (exact) mass is 260 g/mol. The molecule has 1 unspecified atom stereocenters. The molecule has 3 aliphatic rings. The smallest absolute Gasteiger partial charge is 0.224 e. The highest BCUT2D eigenvalue weighted by atomic mass is 16.9. The predicted octanol–water partition coefficient (Wildman–Crippen LogP) is 0.377. The summed E-state index contributed by atoms with van der Waals surface area (Å²) in [5.74, 6) is -2.61. The van der Waals surface area contributed by atoms with Gasteiger partial charge in [0.1, 0.15) is 24.9 Å². The van der Waals surface area contributed by atoms with Gasteiger partial charge in [-0.05, 0) is 27.7 Å². The maximum Gasteiger partial charge on any atom is 0.224 e. The van der Waals surface area contributed by atoms with Crippen molar-refractivity contribution in [1.82, 2.24) is 0 Å². The summed E-state index contributed by atoms with van der Waals surface area (Å²) in [5, 5.41) is 10.4. The fourth-order valence-corrected chi connectivity index (χ4v) is 2.71. The Hall–Kier alpha value is -0.240. The summed E-state index contributed by atoms with van der Waals surface area (Å²) >= 11 is 0. The van der Waals surface area contributed by atoms with Crippen molar-refractivity contribution in [3.05, 3.63) is 0 Å². The molecule has 0 saturated carbocycles. The zero-order valence-corrected chi connectivity index (χ0v) is 11.1. The second-order valence-corrected chi connectivity index (χ2v) is 6.00. The van der Waals surface area contributed by atoms with Crippen LogP contribution >= 0.6 is 0 Å². The average Bonchev–Trinajstić information content (AvgIpc) is 2.68. The van der Waals surface area contributed by atoms with Gasteiger partial charge < -0.3 is 28.8 Å². The number of aliphatic hydroxyl groups is 1. The summed E-state index contributed by atoms with van der Waals surface area (Å²) in [6, 6.07) is 0. The Bertz CT molecular complexity index is 352. The third kappa shape index (κ3) is 1.88. The molecule has 0 aromatic heterocycles. The molecule has 18 heavy (non-hydrogen) atoms. The maximum atomic E-state index is 10.4. The van der Waals surface area contributed by atoms with Crippen LogP contribution in [-0.4, -0.2) is 54.0 Å². The van der Waals surface area contributed by atoms with E-state index in [0.717, 1.165) is 0 Å². The lowest BCUT2D eigenvalue weighted by Crippen LogP contribution is -2.52. The van der Waals surface area contributed by atoms with Crippen LogP contribution in [0, 0.1) is 0 Å². The van der Waals surface area contributed by atoms with Crippen molar-refractivity contribution in [3.63, 3.8) is 0 Å². The molecule has 0 aliphatic carbocycles. The van der Waals surface area contributed by atoms with Crippen molar-refractivity contribution in [3.8, 4) is 0 Å². The van der Waals surface area contributed by atoms with Gasteiger partial charge in [-0.25, -0.2) is 0 Å². The molecule has 1 N–H and O–H groups in total. The molecule has 104 valence electrons. The van der Waals surface area contributed by atoms with E-state index in [1.807, 2.05) is 13.8 Å². The number of aliphatic hydroxyl groups excluding tert-OH is 1. The Morgan fingerprint density at radius 3 is 2.33 bits per heavy atom. The molecule has 0 radical (unpaired) electrons. The van der Waals surface area contributed by atoms with Crippen LogP contribution in [0.1, 0.15) is 27.7 Å². The molecule has 0 aromatic rings. The normalized spacial score (nSPS) is 49.5. The van der Waals surface area contributed by atoms with Gasteiger partial charge in [-0.15, -0.1) is 0 Å². The molecule has 0 aromatic carbocycles. The Kier molecular flexibility index (Phi) is 2.59. The van der Waals surface area contributed by atoms with E-state index in [-0.39, 0.29) is 12.7 Å². The van der Waals surface area contributed by atoms with Gasteiger partial charge in [0.2, 0.25) is 5.79 Å². The van der Waals surface area contributed by atoms with E-state index in [0.29, 0.717) is 6.61 Å². The second-order valence-electron chi connectivity index (χ2n) is 6.00. The first-order valence-electron chi connectivity index (χ1n) is 6.25. The lowest BCUT2D eigenvalue weighted by Gasteiger charge is -2.37. The maximum absolute atomic E-state index is 10.4. The SMILES string of the molecule is CC1(C)OC[C@@H]2OC3(COC(C)(C)O3)[C@@H](O)[C@@H]2O1. The van der Waals surface area contributed by atoms with E-state index in [9.17, 15) is 5.11 Å². The minimum Gasteiger partial charge on any atom is -0.385 e. The van der Waals surface area contributed by atoms with Crippen LogP contribution in [0.3, 0.4) is 0 Å². The van der Waals surface area contributed by atoms with E-state index in [4.69, 9.17) is 23.7 Å². The lowest BCUT2D eigenvalue weighted by atomic mass is 10.0. The van der Waals surface area contributed by atoms with Gasteiger partial charge >= 0.3 is 0 Å². The van der Waals surface area contributed by atoms with Gasteiger partial charge in [0.25, 0.3) is 0 Å². The first-order valence-corrected chi connectivity index (χ1v) is 6.25. The zero-order valence-electron chi connectivity index (χ0n) is 11.1. The molecule has 4 atom stereocenters. The Labute approximate surface area is 106 Å². The van der Waals surface area contributed by atoms with Crippen molar-refractivity contribution in [1.29, 1.82) is 0 Å². The van der Waals surface area contributed by atoms with Crippen LogP contribution < -0.4 is 0 Å². The molecule has 6 heteroatoms. The third-order valence-corrected chi connectivity index (χ3v) is 3.53. The topological polar surface area (TPSA) is 66.4 Å². The molecule has 3 fully saturated rings. The van der Waals surface area contributed by atoms with Crippen LogP contribution in [0.4, 0.5) is 0 Å². The predicted molar refractivity (Wildman–Crippen MR) is 59.6 cm³/mol. The summed E-state index contributed by atoms with van der Waals surface area (Å²) in [7, 11) is 0. The van der Waals surface area contributed by atoms with Gasteiger partial charge in [-0.3, -0.25) is 0 Å². The molecule has 3 saturated heterocycles. The van der Waals surface area contributed by atoms with E-state index in [1.165, 1.54) is 0 Å². The summed E-state index contributed by atoms with van der Waals surface area (Å²) < 4.78 is 28.3. The molecule has 0 amide bonds. The van der Waals surface area contributed by atoms with Gasteiger partial charge in [0, 0.05) is 0 Å². The van der Waals surface area contributed by atoms with Crippen LogP contribution in [0.2, 0.25) is 0 Å². The average molecular weight is 260 g/mol. The highest BCUT2D eigenvalue weighted by molar-refractivity contribution is 5.02. The van der Waals surface area contributed by atoms with Crippen LogP contribution in [-0.2, 0) is 23.7 Å². The standard InChI is InChI=1S/C12H20O6/c1-10(2)14-5-7-8(17-10)9(13)12(16-7)6-15-11(3,4)18-12/h7-9,13H,5-6H2,1-4H3/t7-,8+,9-,12?/m0/s1. The first-order chi connectivity index (χ1) is 8.23. The van der Waals surface area contributed by atoms with E-state index in [2.05, 4.69) is 0 Å². The Balaban J connectivity index is 1.82. The number of rotatable bonds is 0. The number of ether oxygens (including phenoxy) is 5. The summed E-state index contributed by atoms with van der Waals surface area (Å²) in [5.41, 5.74) is 0. The van der Waals surface area contributed by atoms with E-state index < -0.39 is 29.6 Å². The van der Waals surface area contributed by atoms with Gasteiger partial charge in [-0.1, -0.05) is 0 Å². The Morgan fingerprint density at radius 1 is 1.00 bits per heavy atom. The number of fused-ring (bicyclic) bond motifs is 1. The molecule has 1 spiro atoms. The minimum atomic E-state index is -1.14. The summed E-state index contributed by atoms with van der Waals surface area (Å²) in [6.45, 7) is 7.79. The van der Waals surface area contributed by atoms with E-state index in [1.54, 1.807) is 13.8 Å². The van der Waals surface area contributed by atoms with Crippen LogP contribution in [0.5, 0.6) is 0 Å².